The second kappa shape index (κ2) is 5.83. The standard InChI is InChI=1S/C15H26N2O2/c1-7-15(5,6)16-12-8-10-17(11-9-12)13(18)19-14(2,3)4/h1,12,16H,8-11H2,2-6H3. The molecule has 108 valence electrons. The first kappa shape index (κ1) is 15.8. The molecule has 0 aromatic carbocycles. The van der Waals surface area contributed by atoms with E-state index in [4.69, 9.17) is 11.2 Å². The van der Waals surface area contributed by atoms with E-state index in [1.165, 1.54) is 0 Å². The van der Waals surface area contributed by atoms with Crippen molar-refractivity contribution in [3.05, 3.63) is 0 Å². The Hall–Kier alpha value is -1.21. The van der Waals surface area contributed by atoms with Gasteiger partial charge in [-0.2, -0.15) is 0 Å². The molecule has 1 amide bonds. The van der Waals surface area contributed by atoms with Gasteiger partial charge in [0.05, 0.1) is 5.54 Å². The van der Waals surface area contributed by atoms with Gasteiger partial charge in [0.25, 0.3) is 0 Å². The van der Waals surface area contributed by atoms with E-state index in [1.807, 2.05) is 34.6 Å². The van der Waals surface area contributed by atoms with Crippen LogP contribution in [0.15, 0.2) is 0 Å². The van der Waals surface area contributed by atoms with Crippen LogP contribution in [0.4, 0.5) is 4.79 Å². The molecule has 1 fully saturated rings. The summed E-state index contributed by atoms with van der Waals surface area (Å²) in [5.41, 5.74) is -0.726. The normalized spacial score (nSPS) is 18.0. The molecule has 0 aliphatic carbocycles. The highest BCUT2D eigenvalue weighted by atomic mass is 16.6. The van der Waals surface area contributed by atoms with Gasteiger partial charge < -0.3 is 9.64 Å². The van der Waals surface area contributed by atoms with Crippen LogP contribution in [0, 0.1) is 12.3 Å². The van der Waals surface area contributed by atoms with Gasteiger partial charge in [0.1, 0.15) is 5.60 Å². The Labute approximate surface area is 116 Å². The molecule has 1 aliphatic rings. The lowest BCUT2D eigenvalue weighted by molar-refractivity contribution is 0.0194. The smallest absolute Gasteiger partial charge is 0.410 e. The van der Waals surface area contributed by atoms with E-state index in [1.54, 1.807) is 4.90 Å². The number of carbonyl (C=O) groups is 1. The van der Waals surface area contributed by atoms with Gasteiger partial charge in [-0.05, 0) is 47.5 Å². The number of nitrogens with one attached hydrogen (secondary N) is 1. The maximum atomic E-state index is 11.9. The Morgan fingerprint density at radius 1 is 1.26 bits per heavy atom. The van der Waals surface area contributed by atoms with E-state index in [2.05, 4.69) is 11.2 Å². The summed E-state index contributed by atoms with van der Waals surface area (Å²) in [5, 5.41) is 3.44. The molecule has 4 nitrogen and oxygen atoms in total. The fraction of sp³-hybridized carbons (Fsp3) is 0.800. The minimum Gasteiger partial charge on any atom is -0.444 e. The molecular formula is C15H26N2O2. The van der Waals surface area contributed by atoms with E-state index < -0.39 is 5.60 Å². The molecule has 0 aromatic rings. The molecule has 0 bridgehead atoms. The molecule has 0 saturated carbocycles. The van der Waals surface area contributed by atoms with Gasteiger partial charge in [0, 0.05) is 19.1 Å². The van der Waals surface area contributed by atoms with Crippen LogP contribution in [0.2, 0.25) is 0 Å². The minimum absolute atomic E-state index is 0.220. The maximum Gasteiger partial charge on any atom is 0.410 e. The monoisotopic (exact) mass is 266 g/mol. The number of terminal acetylenes is 1. The summed E-state index contributed by atoms with van der Waals surface area (Å²) in [5.74, 6) is 2.74. The quantitative estimate of drug-likeness (QED) is 0.780. The van der Waals surface area contributed by atoms with Crippen molar-refractivity contribution in [2.45, 2.75) is 64.6 Å². The van der Waals surface area contributed by atoms with Crippen LogP contribution in [-0.4, -0.2) is 41.3 Å². The van der Waals surface area contributed by atoms with Crippen LogP contribution in [-0.2, 0) is 4.74 Å². The molecule has 0 atom stereocenters. The molecule has 0 aromatic heterocycles. The number of nitrogens with zero attached hydrogens (tertiary/aromatic N) is 1. The third kappa shape index (κ3) is 5.52. The van der Waals surface area contributed by atoms with E-state index in [0.29, 0.717) is 19.1 Å². The highest BCUT2D eigenvalue weighted by Gasteiger charge is 2.28. The van der Waals surface area contributed by atoms with Gasteiger partial charge in [-0.25, -0.2) is 4.79 Å². The summed E-state index contributed by atoms with van der Waals surface area (Å²) >= 11 is 0. The van der Waals surface area contributed by atoms with Crippen LogP contribution in [0.1, 0.15) is 47.5 Å². The second-order valence-electron chi connectivity index (χ2n) is 6.66. The largest absolute Gasteiger partial charge is 0.444 e. The summed E-state index contributed by atoms with van der Waals surface area (Å²) in [6.07, 6.45) is 7.07. The van der Waals surface area contributed by atoms with E-state index in [-0.39, 0.29) is 11.6 Å². The van der Waals surface area contributed by atoms with E-state index >= 15 is 0 Å². The van der Waals surface area contributed by atoms with Crippen molar-refractivity contribution in [1.82, 2.24) is 10.2 Å². The number of rotatable bonds is 2. The first-order valence-corrected chi connectivity index (χ1v) is 6.86. The Morgan fingerprint density at radius 3 is 2.21 bits per heavy atom. The highest BCUT2D eigenvalue weighted by Crippen LogP contribution is 2.17. The van der Waals surface area contributed by atoms with Crippen LogP contribution in [0.5, 0.6) is 0 Å². The van der Waals surface area contributed by atoms with Gasteiger partial charge in [0.15, 0.2) is 0 Å². The van der Waals surface area contributed by atoms with Crippen LogP contribution in [0.25, 0.3) is 0 Å². The number of hydrogen-bond acceptors (Lipinski definition) is 3. The number of ether oxygens (including phenoxy) is 1. The zero-order valence-corrected chi connectivity index (χ0v) is 12.7. The first-order chi connectivity index (χ1) is 8.63. The van der Waals surface area contributed by atoms with Crippen molar-refractivity contribution in [1.29, 1.82) is 0 Å². The number of hydrogen-bond donors (Lipinski definition) is 1. The summed E-state index contributed by atoms with van der Waals surface area (Å²) in [6, 6.07) is 0.365. The average molecular weight is 266 g/mol. The van der Waals surface area contributed by atoms with Crippen LogP contribution >= 0.6 is 0 Å². The van der Waals surface area contributed by atoms with E-state index in [0.717, 1.165) is 12.8 Å². The molecule has 1 rings (SSSR count). The fourth-order valence-electron chi connectivity index (χ4n) is 2.08. The predicted molar refractivity (Wildman–Crippen MR) is 76.9 cm³/mol. The molecule has 19 heavy (non-hydrogen) atoms. The SMILES string of the molecule is C#CC(C)(C)NC1CCN(C(=O)OC(C)(C)C)CC1. The molecule has 0 unspecified atom stereocenters. The van der Waals surface area contributed by atoms with Crippen LogP contribution in [0.3, 0.4) is 0 Å². The Balaban J connectivity index is 2.41. The Bertz CT molecular complexity index is 355. The molecule has 1 heterocycles. The summed E-state index contributed by atoms with van der Waals surface area (Å²) in [4.78, 5) is 13.7. The average Bonchev–Trinajstić information content (AvgIpc) is 2.27. The zero-order chi connectivity index (χ0) is 14.7. The Kier molecular flexibility index (Phi) is 4.86. The van der Waals surface area contributed by atoms with Gasteiger partial charge in [0.2, 0.25) is 0 Å². The topological polar surface area (TPSA) is 41.6 Å². The summed E-state index contributed by atoms with van der Waals surface area (Å²) < 4.78 is 5.37. The van der Waals surface area contributed by atoms with Crippen molar-refractivity contribution in [3.63, 3.8) is 0 Å². The predicted octanol–water partition coefficient (Wildman–Crippen LogP) is 2.39. The maximum absolute atomic E-state index is 11.9. The van der Waals surface area contributed by atoms with Crippen molar-refractivity contribution >= 4 is 6.09 Å². The van der Waals surface area contributed by atoms with Gasteiger partial charge >= 0.3 is 6.09 Å². The van der Waals surface area contributed by atoms with Gasteiger partial charge in [-0.3, -0.25) is 5.32 Å². The zero-order valence-electron chi connectivity index (χ0n) is 12.7. The van der Waals surface area contributed by atoms with Crippen molar-refractivity contribution < 1.29 is 9.53 Å². The molecule has 4 heteroatoms. The highest BCUT2D eigenvalue weighted by molar-refractivity contribution is 5.68. The first-order valence-electron chi connectivity index (χ1n) is 6.86. The molecule has 1 aliphatic heterocycles. The lowest BCUT2D eigenvalue weighted by atomic mass is 9.99. The third-order valence-electron chi connectivity index (χ3n) is 3.07. The lowest BCUT2D eigenvalue weighted by Crippen LogP contribution is -2.51. The van der Waals surface area contributed by atoms with E-state index in [9.17, 15) is 4.79 Å². The van der Waals surface area contributed by atoms with Gasteiger partial charge in [-0.15, -0.1) is 6.42 Å². The Morgan fingerprint density at radius 2 is 1.79 bits per heavy atom. The minimum atomic E-state index is -0.433. The lowest BCUT2D eigenvalue weighted by Gasteiger charge is -2.36. The number of amides is 1. The summed E-state index contributed by atoms with van der Waals surface area (Å²) in [6.45, 7) is 11.1. The second-order valence-corrected chi connectivity index (χ2v) is 6.66. The fourth-order valence-corrected chi connectivity index (χ4v) is 2.08. The molecule has 1 N–H and O–H groups in total. The third-order valence-corrected chi connectivity index (χ3v) is 3.07. The van der Waals surface area contributed by atoms with Crippen molar-refractivity contribution in [2.75, 3.05) is 13.1 Å². The molecule has 0 spiro atoms. The number of likely N-dealkylation sites (tertiary alicyclic amines) is 1. The number of carbonyl (C=O) groups excluding carboxylic acids is 1. The van der Waals surface area contributed by atoms with Crippen molar-refractivity contribution in [2.24, 2.45) is 0 Å². The van der Waals surface area contributed by atoms with Crippen LogP contribution < -0.4 is 5.32 Å². The van der Waals surface area contributed by atoms with Gasteiger partial charge in [-0.1, -0.05) is 5.92 Å². The number of piperidine rings is 1. The molecule has 0 radical (unpaired) electrons. The molecular weight excluding hydrogens is 240 g/mol. The van der Waals surface area contributed by atoms with Crippen molar-refractivity contribution in [3.8, 4) is 12.3 Å². The molecule has 1 saturated heterocycles. The summed E-state index contributed by atoms with van der Waals surface area (Å²) in [7, 11) is 0.